The number of benzene rings is 1. The van der Waals surface area contributed by atoms with Crippen LogP contribution in [0.3, 0.4) is 0 Å². The summed E-state index contributed by atoms with van der Waals surface area (Å²) in [6.45, 7) is 2.73. The van der Waals surface area contributed by atoms with E-state index in [-0.39, 0.29) is 6.04 Å². The van der Waals surface area contributed by atoms with E-state index in [0.29, 0.717) is 0 Å². The minimum atomic E-state index is 0.127. The molecule has 1 aromatic carbocycles. The third-order valence-electron chi connectivity index (χ3n) is 2.06. The Morgan fingerprint density at radius 3 is 3.07 bits per heavy atom. The molecule has 2 aromatic rings. The maximum atomic E-state index is 5.73. The highest BCUT2D eigenvalue weighted by Gasteiger charge is 2.04. The van der Waals surface area contributed by atoms with E-state index in [2.05, 4.69) is 33.2 Å². The van der Waals surface area contributed by atoms with E-state index >= 15 is 0 Å². The molecule has 0 aliphatic carbocycles. The van der Waals surface area contributed by atoms with Crippen LogP contribution in [0.15, 0.2) is 28.9 Å². The number of fused-ring (bicyclic) bond motifs is 1. The van der Waals surface area contributed by atoms with Gasteiger partial charge in [0.1, 0.15) is 0 Å². The molecule has 0 radical (unpaired) electrons. The van der Waals surface area contributed by atoms with Crippen molar-refractivity contribution in [2.75, 3.05) is 0 Å². The summed E-state index contributed by atoms with van der Waals surface area (Å²) in [5, 5.41) is 5.43. The number of nitrogens with two attached hydrogens (primary N) is 1. The van der Waals surface area contributed by atoms with Crippen molar-refractivity contribution >= 4 is 26.8 Å². The second-order valence-corrected chi connectivity index (χ2v) is 4.42. The lowest BCUT2D eigenvalue weighted by Crippen LogP contribution is -2.22. The lowest BCUT2D eigenvalue weighted by Gasteiger charge is -2.06. The van der Waals surface area contributed by atoms with E-state index in [9.17, 15) is 0 Å². The molecule has 0 saturated heterocycles. The molecule has 0 saturated carbocycles. The van der Waals surface area contributed by atoms with Crippen LogP contribution in [0, 0.1) is 0 Å². The Kier molecular flexibility index (Phi) is 2.56. The van der Waals surface area contributed by atoms with Gasteiger partial charge < -0.3 is 5.73 Å². The molecule has 3 nitrogen and oxygen atoms in total. The van der Waals surface area contributed by atoms with Gasteiger partial charge in [-0.2, -0.15) is 5.10 Å². The fraction of sp³-hybridized carbons (Fsp3) is 0.300. The van der Waals surface area contributed by atoms with Gasteiger partial charge in [-0.15, -0.1) is 0 Å². The number of hydrogen-bond acceptors (Lipinski definition) is 2. The zero-order chi connectivity index (χ0) is 10.1. The van der Waals surface area contributed by atoms with Crippen molar-refractivity contribution in [1.29, 1.82) is 0 Å². The summed E-state index contributed by atoms with van der Waals surface area (Å²) in [6.07, 6.45) is 1.86. The van der Waals surface area contributed by atoms with Crippen LogP contribution in [-0.4, -0.2) is 15.8 Å². The van der Waals surface area contributed by atoms with Gasteiger partial charge in [0.2, 0.25) is 0 Å². The number of aromatic nitrogens is 2. The summed E-state index contributed by atoms with van der Waals surface area (Å²) in [7, 11) is 0. The first-order valence-corrected chi connectivity index (χ1v) is 5.33. The summed E-state index contributed by atoms with van der Waals surface area (Å²) in [5.74, 6) is 0. The Balaban J connectivity index is 2.47. The summed E-state index contributed by atoms with van der Waals surface area (Å²) in [5.41, 5.74) is 6.86. The highest BCUT2D eigenvalue weighted by molar-refractivity contribution is 9.10. The molecule has 0 spiro atoms. The van der Waals surface area contributed by atoms with Gasteiger partial charge in [0.15, 0.2) is 0 Å². The third-order valence-corrected chi connectivity index (χ3v) is 2.56. The Bertz CT molecular complexity index is 448. The largest absolute Gasteiger partial charge is 0.326 e. The Labute approximate surface area is 91.0 Å². The van der Waals surface area contributed by atoms with Crippen molar-refractivity contribution in [3.8, 4) is 0 Å². The number of rotatable bonds is 2. The number of nitrogens with zero attached hydrogens (tertiary/aromatic N) is 2. The van der Waals surface area contributed by atoms with Gasteiger partial charge in [-0.3, -0.25) is 4.68 Å². The summed E-state index contributed by atoms with van der Waals surface area (Å²) < 4.78 is 3.01. The van der Waals surface area contributed by atoms with Gasteiger partial charge in [0.25, 0.3) is 0 Å². The molecule has 14 heavy (non-hydrogen) atoms. The van der Waals surface area contributed by atoms with E-state index < -0.39 is 0 Å². The maximum absolute atomic E-state index is 5.73. The molecule has 0 bridgehead atoms. The zero-order valence-corrected chi connectivity index (χ0v) is 9.53. The van der Waals surface area contributed by atoms with Crippen molar-refractivity contribution in [2.45, 2.75) is 19.5 Å². The van der Waals surface area contributed by atoms with Gasteiger partial charge in [0.05, 0.1) is 18.3 Å². The zero-order valence-electron chi connectivity index (χ0n) is 7.94. The monoisotopic (exact) mass is 253 g/mol. The first-order chi connectivity index (χ1) is 6.66. The molecular weight excluding hydrogens is 242 g/mol. The molecule has 0 aliphatic heterocycles. The van der Waals surface area contributed by atoms with Gasteiger partial charge in [-0.05, 0) is 25.1 Å². The van der Waals surface area contributed by atoms with Gasteiger partial charge in [0, 0.05) is 15.9 Å². The van der Waals surface area contributed by atoms with Crippen LogP contribution in [0.25, 0.3) is 10.9 Å². The molecule has 1 atom stereocenters. The van der Waals surface area contributed by atoms with Crippen LogP contribution >= 0.6 is 15.9 Å². The summed E-state index contributed by atoms with van der Waals surface area (Å²) >= 11 is 3.43. The molecule has 2 rings (SSSR count). The Morgan fingerprint density at radius 2 is 2.36 bits per heavy atom. The predicted molar refractivity (Wildman–Crippen MR) is 61.1 cm³/mol. The lowest BCUT2D eigenvalue weighted by molar-refractivity contribution is 0.553. The van der Waals surface area contributed by atoms with Crippen LogP contribution in [0.1, 0.15) is 6.92 Å². The maximum Gasteiger partial charge on any atom is 0.0683 e. The van der Waals surface area contributed by atoms with Crippen LogP contribution in [0.5, 0.6) is 0 Å². The second kappa shape index (κ2) is 3.71. The first-order valence-electron chi connectivity index (χ1n) is 4.53. The Morgan fingerprint density at radius 1 is 1.57 bits per heavy atom. The van der Waals surface area contributed by atoms with Crippen LogP contribution < -0.4 is 5.73 Å². The highest BCUT2D eigenvalue weighted by Crippen LogP contribution is 2.19. The van der Waals surface area contributed by atoms with E-state index in [1.54, 1.807) is 0 Å². The molecule has 2 N–H and O–H groups in total. The fourth-order valence-electron chi connectivity index (χ4n) is 1.48. The SMILES string of the molecule is CC(N)Cn1ncc2cc(Br)ccc21. The third kappa shape index (κ3) is 1.81. The van der Waals surface area contributed by atoms with Crippen molar-refractivity contribution in [3.05, 3.63) is 28.9 Å². The molecule has 74 valence electrons. The van der Waals surface area contributed by atoms with Gasteiger partial charge in [-0.1, -0.05) is 15.9 Å². The summed E-state index contributed by atoms with van der Waals surface area (Å²) in [6, 6.07) is 6.25. The summed E-state index contributed by atoms with van der Waals surface area (Å²) in [4.78, 5) is 0. The molecule has 1 unspecified atom stereocenters. The van der Waals surface area contributed by atoms with Gasteiger partial charge in [-0.25, -0.2) is 0 Å². The van der Waals surface area contributed by atoms with E-state index in [1.165, 1.54) is 0 Å². The smallest absolute Gasteiger partial charge is 0.0683 e. The van der Waals surface area contributed by atoms with Crippen LogP contribution in [0.2, 0.25) is 0 Å². The molecule has 0 fully saturated rings. The molecule has 0 aliphatic rings. The highest BCUT2D eigenvalue weighted by atomic mass is 79.9. The van der Waals surface area contributed by atoms with Crippen molar-refractivity contribution in [3.63, 3.8) is 0 Å². The van der Waals surface area contributed by atoms with Crippen molar-refractivity contribution in [1.82, 2.24) is 9.78 Å². The van der Waals surface area contributed by atoms with Crippen molar-refractivity contribution < 1.29 is 0 Å². The second-order valence-electron chi connectivity index (χ2n) is 3.51. The molecule has 1 aromatic heterocycles. The standard InChI is InChI=1S/C10H12BrN3/c1-7(12)6-14-10-3-2-9(11)4-8(10)5-13-14/h2-5,7H,6,12H2,1H3. The lowest BCUT2D eigenvalue weighted by atomic mass is 10.2. The quantitative estimate of drug-likeness (QED) is 0.892. The van der Waals surface area contributed by atoms with Crippen LogP contribution in [-0.2, 0) is 6.54 Å². The topological polar surface area (TPSA) is 43.8 Å². The molecule has 0 amide bonds. The minimum Gasteiger partial charge on any atom is -0.326 e. The Hall–Kier alpha value is -0.870. The number of halogens is 1. The van der Waals surface area contributed by atoms with Crippen LogP contribution in [0.4, 0.5) is 0 Å². The molecular formula is C10H12BrN3. The van der Waals surface area contributed by atoms with Gasteiger partial charge >= 0.3 is 0 Å². The van der Waals surface area contributed by atoms with E-state index in [1.807, 2.05) is 23.9 Å². The molecule has 4 heteroatoms. The average molecular weight is 254 g/mol. The average Bonchev–Trinajstić information content (AvgIpc) is 2.47. The number of hydrogen-bond donors (Lipinski definition) is 1. The van der Waals surface area contributed by atoms with E-state index in [0.717, 1.165) is 21.9 Å². The predicted octanol–water partition coefficient (Wildman–Crippen LogP) is 2.15. The van der Waals surface area contributed by atoms with E-state index in [4.69, 9.17) is 5.73 Å². The molecule has 1 heterocycles. The first kappa shape index (κ1) is 9.68. The van der Waals surface area contributed by atoms with Crippen molar-refractivity contribution in [2.24, 2.45) is 5.73 Å². The minimum absolute atomic E-state index is 0.127. The fourth-order valence-corrected chi connectivity index (χ4v) is 1.85. The normalized spacial score (nSPS) is 13.4.